The van der Waals surface area contributed by atoms with Gasteiger partial charge < -0.3 is 5.32 Å². The Hall–Kier alpha value is -1.42. The number of likely N-dealkylation sites (N-methyl/N-ethyl adjacent to an activating group) is 1. The smallest absolute Gasteiger partial charge is 0.149 e. The molecule has 0 bridgehead atoms. The number of rotatable bonds is 2. The average molecular weight is 231 g/mol. The summed E-state index contributed by atoms with van der Waals surface area (Å²) in [5, 5.41) is 3.47. The van der Waals surface area contributed by atoms with Crippen LogP contribution in [0.3, 0.4) is 0 Å². The number of anilines is 1. The summed E-state index contributed by atoms with van der Waals surface area (Å²) in [7, 11) is 2.03. The van der Waals surface area contributed by atoms with Crippen molar-refractivity contribution in [3.05, 3.63) is 24.0 Å². The van der Waals surface area contributed by atoms with Crippen LogP contribution in [-0.2, 0) is 4.79 Å². The summed E-state index contributed by atoms with van der Waals surface area (Å²) in [4.78, 5) is 18.5. The normalized spacial score (nSPS) is 30.8. The Kier molecular flexibility index (Phi) is 2.40. The first kappa shape index (κ1) is 10.7. The quantitative estimate of drug-likeness (QED) is 0.839. The van der Waals surface area contributed by atoms with Gasteiger partial charge in [-0.05, 0) is 25.6 Å². The molecule has 1 aromatic heterocycles. The third-order valence-corrected chi connectivity index (χ3v) is 4.00. The Labute approximate surface area is 101 Å². The van der Waals surface area contributed by atoms with Gasteiger partial charge in [-0.2, -0.15) is 0 Å². The Balaban J connectivity index is 1.90. The second kappa shape index (κ2) is 3.81. The van der Waals surface area contributed by atoms with Gasteiger partial charge in [-0.3, -0.25) is 14.7 Å². The van der Waals surface area contributed by atoms with Gasteiger partial charge in [-0.15, -0.1) is 0 Å². The number of Topliss-reactive ketones (excluding diaryl/α,β-unsaturated/α-hetero) is 1. The standard InChI is InChI=1S/C13H17N3O/c1-3-11(17)10-7-8-12-9(5-4-6-14-12)15-13(8)16(10)2/h4-6,8,10,13,15H,3,7H2,1-2H3. The van der Waals surface area contributed by atoms with Gasteiger partial charge in [0.25, 0.3) is 0 Å². The van der Waals surface area contributed by atoms with E-state index in [0.29, 0.717) is 18.1 Å². The summed E-state index contributed by atoms with van der Waals surface area (Å²) < 4.78 is 0. The molecular weight excluding hydrogens is 214 g/mol. The lowest BCUT2D eigenvalue weighted by molar-refractivity contribution is -0.122. The van der Waals surface area contributed by atoms with E-state index in [1.807, 2.05) is 26.2 Å². The molecule has 0 saturated carbocycles. The van der Waals surface area contributed by atoms with Gasteiger partial charge in [0.2, 0.25) is 0 Å². The monoisotopic (exact) mass is 231 g/mol. The third-order valence-electron chi connectivity index (χ3n) is 4.00. The summed E-state index contributed by atoms with van der Waals surface area (Å²) in [5.74, 6) is 0.692. The maximum atomic E-state index is 11.9. The number of nitrogens with one attached hydrogen (secondary N) is 1. The molecule has 4 heteroatoms. The lowest BCUT2D eigenvalue weighted by Gasteiger charge is -2.24. The maximum Gasteiger partial charge on any atom is 0.149 e. The van der Waals surface area contributed by atoms with E-state index in [1.165, 1.54) is 0 Å². The predicted octanol–water partition coefficient (Wildman–Crippen LogP) is 1.60. The van der Waals surface area contributed by atoms with Crippen molar-refractivity contribution in [3.8, 4) is 0 Å². The summed E-state index contributed by atoms with van der Waals surface area (Å²) in [6.07, 6.45) is 3.58. The second-order valence-electron chi connectivity index (χ2n) is 4.87. The lowest BCUT2D eigenvalue weighted by Crippen LogP contribution is -2.40. The van der Waals surface area contributed by atoms with Crippen molar-refractivity contribution in [1.29, 1.82) is 0 Å². The molecule has 3 atom stereocenters. The average Bonchev–Trinajstić information content (AvgIpc) is 2.86. The largest absolute Gasteiger partial charge is 0.368 e. The number of aromatic nitrogens is 1. The van der Waals surface area contributed by atoms with Crippen molar-refractivity contribution in [1.82, 2.24) is 9.88 Å². The number of hydrogen-bond donors (Lipinski definition) is 1. The van der Waals surface area contributed by atoms with E-state index in [0.717, 1.165) is 17.8 Å². The van der Waals surface area contributed by atoms with Gasteiger partial charge in [-0.1, -0.05) is 6.92 Å². The molecule has 0 aliphatic carbocycles. The van der Waals surface area contributed by atoms with Crippen molar-refractivity contribution in [3.63, 3.8) is 0 Å². The lowest BCUT2D eigenvalue weighted by atomic mass is 9.98. The SMILES string of the molecule is CCC(=O)C1CC2c3ncccc3NC2N1C. The van der Waals surface area contributed by atoms with Gasteiger partial charge in [0, 0.05) is 18.5 Å². The zero-order valence-corrected chi connectivity index (χ0v) is 10.2. The fourth-order valence-electron chi connectivity index (χ4n) is 3.07. The predicted molar refractivity (Wildman–Crippen MR) is 65.9 cm³/mol. The minimum Gasteiger partial charge on any atom is -0.368 e. The fraction of sp³-hybridized carbons (Fsp3) is 0.538. The molecule has 0 aromatic carbocycles. The first-order valence-electron chi connectivity index (χ1n) is 6.18. The van der Waals surface area contributed by atoms with Crippen molar-refractivity contribution < 1.29 is 4.79 Å². The van der Waals surface area contributed by atoms with Crippen LogP contribution in [0.2, 0.25) is 0 Å². The zero-order chi connectivity index (χ0) is 12.0. The Morgan fingerprint density at radius 1 is 1.65 bits per heavy atom. The Morgan fingerprint density at radius 2 is 2.47 bits per heavy atom. The molecule has 2 aliphatic rings. The summed E-state index contributed by atoms with van der Waals surface area (Å²) in [6, 6.07) is 4.06. The van der Waals surface area contributed by atoms with E-state index in [1.54, 1.807) is 0 Å². The van der Waals surface area contributed by atoms with Crippen LogP contribution < -0.4 is 5.32 Å². The van der Waals surface area contributed by atoms with Crippen molar-refractivity contribution in [2.45, 2.75) is 37.9 Å². The van der Waals surface area contributed by atoms with Crippen molar-refractivity contribution in [2.75, 3.05) is 12.4 Å². The molecule has 1 saturated heterocycles. The summed E-state index contributed by atoms with van der Waals surface area (Å²) >= 11 is 0. The Bertz CT molecular complexity index is 460. The van der Waals surface area contributed by atoms with Crippen LogP contribution >= 0.6 is 0 Å². The van der Waals surface area contributed by atoms with E-state index in [9.17, 15) is 4.79 Å². The third kappa shape index (κ3) is 1.47. The molecular formula is C13H17N3O. The van der Waals surface area contributed by atoms with Gasteiger partial charge in [-0.25, -0.2) is 0 Å². The van der Waals surface area contributed by atoms with Crippen LogP contribution in [0.1, 0.15) is 31.4 Å². The molecule has 1 fully saturated rings. The topological polar surface area (TPSA) is 45.2 Å². The highest BCUT2D eigenvalue weighted by Gasteiger charge is 2.47. The molecule has 90 valence electrons. The van der Waals surface area contributed by atoms with Crippen LogP contribution in [0.15, 0.2) is 18.3 Å². The second-order valence-corrected chi connectivity index (χ2v) is 4.87. The molecule has 3 heterocycles. The van der Waals surface area contributed by atoms with E-state index in [4.69, 9.17) is 0 Å². The first-order valence-corrected chi connectivity index (χ1v) is 6.18. The molecule has 17 heavy (non-hydrogen) atoms. The zero-order valence-electron chi connectivity index (χ0n) is 10.2. The molecule has 3 rings (SSSR count). The number of fused-ring (bicyclic) bond motifs is 3. The van der Waals surface area contributed by atoms with E-state index < -0.39 is 0 Å². The van der Waals surface area contributed by atoms with Crippen LogP contribution in [0.5, 0.6) is 0 Å². The number of likely N-dealkylation sites (tertiary alicyclic amines) is 1. The van der Waals surface area contributed by atoms with Gasteiger partial charge in [0.05, 0.1) is 23.6 Å². The van der Waals surface area contributed by atoms with E-state index in [2.05, 4.69) is 21.3 Å². The minimum atomic E-state index is 0.0534. The molecule has 4 nitrogen and oxygen atoms in total. The number of nitrogens with zero attached hydrogens (tertiary/aromatic N) is 2. The summed E-state index contributed by atoms with van der Waals surface area (Å²) in [6.45, 7) is 1.93. The molecule has 3 unspecified atom stereocenters. The first-order chi connectivity index (χ1) is 8.22. The van der Waals surface area contributed by atoms with Crippen LogP contribution in [0.4, 0.5) is 5.69 Å². The van der Waals surface area contributed by atoms with Crippen LogP contribution in [0.25, 0.3) is 0 Å². The molecule has 2 aliphatic heterocycles. The van der Waals surface area contributed by atoms with E-state index >= 15 is 0 Å². The van der Waals surface area contributed by atoms with Crippen LogP contribution in [0, 0.1) is 0 Å². The number of hydrogen-bond acceptors (Lipinski definition) is 4. The highest BCUT2D eigenvalue weighted by Crippen LogP contribution is 2.44. The molecule has 0 spiro atoms. The maximum absolute atomic E-state index is 11.9. The van der Waals surface area contributed by atoms with Gasteiger partial charge >= 0.3 is 0 Å². The number of carbonyl (C=O) groups excluding carboxylic acids is 1. The number of carbonyl (C=O) groups is 1. The highest BCUT2D eigenvalue weighted by atomic mass is 16.1. The van der Waals surface area contributed by atoms with Crippen LogP contribution in [-0.4, -0.2) is 34.9 Å². The highest BCUT2D eigenvalue weighted by molar-refractivity contribution is 5.84. The fourth-order valence-corrected chi connectivity index (χ4v) is 3.07. The van der Waals surface area contributed by atoms with Crippen molar-refractivity contribution >= 4 is 11.5 Å². The molecule has 0 amide bonds. The Morgan fingerprint density at radius 3 is 3.24 bits per heavy atom. The molecule has 1 aromatic rings. The number of pyridine rings is 1. The minimum absolute atomic E-state index is 0.0534. The molecule has 0 radical (unpaired) electrons. The van der Waals surface area contributed by atoms with Gasteiger partial charge in [0.1, 0.15) is 5.78 Å². The van der Waals surface area contributed by atoms with E-state index in [-0.39, 0.29) is 12.2 Å². The summed E-state index contributed by atoms with van der Waals surface area (Å²) in [5.41, 5.74) is 2.24. The molecule has 1 N–H and O–H groups in total. The van der Waals surface area contributed by atoms with Gasteiger partial charge in [0.15, 0.2) is 0 Å². The van der Waals surface area contributed by atoms with Crippen molar-refractivity contribution in [2.24, 2.45) is 0 Å². The number of ketones is 1.